The number of benzene rings is 1. The van der Waals surface area contributed by atoms with Crippen LogP contribution in [0.1, 0.15) is 25.5 Å². The summed E-state index contributed by atoms with van der Waals surface area (Å²) in [5, 5.41) is 3.62. The molecule has 1 aromatic rings. The second-order valence-corrected chi connectivity index (χ2v) is 3.03. The summed E-state index contributed by atoms with van der Waals surface area (Å²) in [6.07, 6.45) is 0. The van der Waals surface area contributed by atoms with Crippen molar-refractivity contribution in [3.8, 4) is 0 Å². The van der Waals surface area contributed by atoms with Crippen LogP contribution in [0, 0.1) is 4.91 Å². The van der Waals surface area contributed by atoms with E-state index in [0.717, 1.165) is 10.6 Å². The SMILES string of the molecule is CC(=O)N(N=O)[C@H](C)c1ccccc1. The topological polar surface area (TPSA) is 49.7 Å². The molecule has 0 bridgehead atoms. The molecule has 0 heterocycles. The molecule has 0 radical (unpaired) electrons. The van der Waals surface area contributed by atoms with Gasteiger partial charge in [0.2, 0.25) is 5.91 Å². The van der Waals surface area contributed by atoms with Crippen LogP contribution in [-0.2, 0) is 4.79 Å². The molecule has 0 saturated heterocycles. The van der Waals surface area contributed by atoms with Crippen LogP contribution in [0.3, 0.4) is 0 Å². The van der Waals surface area contributed by atoms with E-state index >= 15 is 0 Å². The fourth-order valence-electron chi connectivity index (χ4n) is 1.27. The zero-order valence-electron chi connectivity index (χ0n) is 8.18. The van der Waals surface area contributed by atoms with Gasteiger partial charge in [0.05, 0.1) is 11.3 Å². The van der Waals surface area contributed by atoms with Crippen LogP contribution in [0.2, 0.25) is 0 Å². The Balaban J connectivity index is 2.88. The lowest BCUT2D eigenvalue weighted by atomic mass is 10.1. The average Bonchev–Trinajstić information content (AvgIpc) is 2.19. The van der Waals surface area contributed by atoms with Crippen LogP contribution in [0.5, 0.6) is 0 Å². The number of nitrogens with zero attached hydrogens (tertiary/aromatic N) is 2. The van der Waals surface area contributed by atoms with E-state index in [1.807, 2.05) is 30.3 Å². The average molecular weight is 192 g/mol. The van der Waals surface area contributed by atoms with Gasteiger partial charge in [-0.1, -0.05) is 30.3 Å². The predicted octanol–water partition coefficient (Wildman–Crippen LogP) is 2.28. The Morgan fingerprint density at radius 2 is 1.93 bits per heavy atom. The van der Waals surface area contributed by atoms with E-state index in [9.17, 15) is 9.70 Å². The number of carbonyl (C=O) groups excluding carboxylic acids is 1. The normalized spacial score (nSPS) is 11.9. The van der Waals surface area contributed by atoms with Crippen molar-refractivity contribution in [1.82, 2.24) is 5.01 Å². The quantitative estimate of drug-likeness (QED) is 0.545. The first-order valence-corrected chi connectivity index (χ1v) is 4.35. The molecule has 74 valence electrons. The Bertz CT molecular complexity index is 324. The number of carbonyl (C=O) groups is 1. The molecule has 0 unspecified atom stereocenters. The maximum Gasteiger partial charge on any atom is 0.242 e. The van der Waals surface area contributed by atoms with Gasteiger partial charge in [-0.3, -0.25) is 4.79 Å². The van der Waals surface area contributed by atoms with E-state index < -0.39 is 0 Å². The van der Waals surface area contributed by atoms with Crippen LogP contribution in [0.15, 0.2) is 35.6 Å². The van der Waals surface area contributed by atoms with E-state index in [1.165, 1.54) is 6.92 Å². The summed E-state index contributed by atoms with van der Waals surface area (Å²) in [5.74, 6) is -0.351. The number of rotatable bonds is 3. The third kappa shape index (κ3) is 2.16. The number of hydrogen-bond acceptors (Lipinski definition) is 3. The van der Waals surface area contributed by atoms with Crippen molar-refractivity contribution in [3.05, 3.63) is 40.8 Å². The summed E-state index contributed by atoms with van der Waals surface area (Å²) in [7, 11) is 0. The second-order valence-electron chi connectivity index (χ2n) is 3.03. The molecule has 1 amide bonds. The first-order valence-electron chi connectivity index (χ1n) is 4.35. The highest BCUT2D eigenvalue weighted by Crippen LogP contribution is 2.19. The fraction of sp³-hybridized carbons (Fsp3) is 0.300. The molecule has 0 saturated carbocycles. The summed E-state index contributed by atoms with van der Waals surface area (Å²) in [4.78, 5) is 21.4. The monoisotopic (exact) mass is 192 g/mol. The van der Waals surface area contributed by atoms with Crippen molar-refractivity contribution in [2.75, 3.05) is 0 Å². The van der Waals surface area contributed by atoms with Gasteiger partial charge in [-0.05, 0) is 12.5 Å². The Kier molecular flexibility index (Phi) is 3.34. The molecule has 1 aromatic carbocycles. The molecular weight excluding hydrogens is 180 g/mol. The van der Waals surface area contributed by atoms with Gasteiger partial charge in [0, 0.05) is 6.92 Å². The largest absolute Gasteiger partial charge is 0.273 e. The van der Waals surface area contributed by atoms with Crippen molar-refractivity contribution < 1.29 is 4.79 Å². The summed E-state index contributed by atoms with van der Waals surface area (Å²) in [6.45, 7) is 3.08. The number of amides is 1. The standard InChI is InChI=1S/C10H12N2O2/c1-8(12(11-14)9(2)13)10-6-4-3-5-7-10/h3-8H,1-2H3/t8-/m1/s1. The maximum atomic E-state index is 11.0. The second kappa shape index (κ2) is 4.50. The molecule has 1 atom stereocenters. The molecule has 0 aliphatic heterocycles. The Morgan fingerprint density at radius 1 is 1.36 bits per heavy atom. The van der Waals surface area contributed by atoms with E-state index in [4.69, 9.17) is 0 Å². The van der Waals surface area contributed by atoms with E-state index in [0.29, 0.717) is 0 Å². The molecule has 0 N–H and O–H groups in total. The zero-order valence-corrected chi connectivity index (χ0v) is 8.18. The third-order valence-electron chi connectivity index (χ3n) is 2.06. The van der Waals surface area contributed by atoms with Gasteiger partial charge in [-0.15, -0.1) is 4.91 Å². The smallest absolute Gasteiger partial charge is 0.242 e. The van der Waals surface area contributed by atoms with Gasteiger partial charge in [-0.2, -0.15) is 5.01 Å². The zero-order chi connectivity index (χ0) is 10.6. The summed E-state index contributed by atoms with van der Waals surface area (Å²) in [6, 6.07) is 8.98. The molecule has 0 aliphatic rings. The molecule has 14 heavy (non-hydrogen) atoms. The van der Waals surface area contributed by atoms with Crippen molar-refractivity contribution in [2.45, 2.75) is 19.9 Å². The Morgan fingerprint density at radius 3 is 2.36 bits per heavy atom. The summed E-state index contributed by atoms with van der Waals surface area (Å²) >= 11 is 0. The lowest BCUT2D eigenvalue weighted by molar-refractivity contribution is -0.131. The van der Waals surface area contributed by atoms with Crippen molar-refractivity contribution in [3.63, 3.8) is 0 Å². The van der Waals surface area contributed by atoms with Crippen LogP contribution < -0.4 is 0 Å². The fourth-order valence-corrected chi connectivity index (χ4v) is 1.27. The number of hydrogen-bond donors (Lipinski definition) is 0. The Hall–Kier alpha value is -1.71. The van der Waals surface area contributed by atoms with Gasteiger partial charge in [0.15, 0.2) is 0 Å². The highest BCUT2D eigenvalue weighted by molar-refractivity contribution is 5.73. The molecule has 4 heteroatoms. The minimum Gasteiger partial charge on any atom is -0.273 e. The van der Waals surface area contributed by atoms with Gasteiger partial charge in [0.25, 0.3) is 0 Å². The van der Waals surface area contributed by atoms with E-state index in [-0.39, 0.29) is 11.9 Å². The van der Waals surface area contributed by atoms with Gasteiger partial charge >= 0.3 is 0 Å². The minimum absolute atomic E-state index is 0.314. The molecule has 0 aliphatic carbocycles. The molecule has 4 nitrogen and oxygen atoms in total. The van der Waals surface area contributed by atoms with Crippen molar-refractivity contribution in [1.29, 1.82) is 0 Å². The van der Waals surface area contributed by atoms with Gasteiger partial charge in [0.1, 0.15) is 0 Å². The molecular formula is C10H12N2O2. The summed E-state index contributed by atoms with van der Waals surface area (Å²) in [5.41, 5.74) is 0.891. The highest BCUT2D eigenvalue weighted by atomic mass is 16.3. The van der Waals surface area contributed by atoms with Crippen LogP contribution in [0.4, 0.5) is 0 Å². The van der Waals surface area contributed by atoms with E-state index in [1.54, 1.807) is 6.92 Å². The maximum absolute atomic E-state index is 11.0. The van der Waals surface area contributed by atoms with Crippen LogP contribution >= 0.6 is 0 Å². The van der Waals surface area contributed by atoms with Gasteiger partial charge < -0.3 is 0 Å². The molecule has 1 rings (SSSR count). The van der Waals surface area contributed by atoms with E-state index in [2.05, 4.69) is 5.29 Å². The van der Waals surface area contributed by atoms with Crippen LogP contribution in [0.25, 0.3) is 0 Å². The highest BCUT2D eigenvalue weighted by Gasteiger charge is 2.18. The van der Waals surface area contributed by atoms with Crippen LogP contribution in [-0.4, -0.2) is 10.9 Å². The first-order chi connectivity index (χ1) is 6.66. The van der Waals surface area contributed by atoms with Gasteiger partial charge in [-0.25, -0.2) is 0 Å². The van der Waals surface area contributed by atoms with Crippen molar-refractivity contribution in [2.24, 2.45) is 5.29 Å². The Labute approximate surface area is 82.5 Å². The molecule has 0 spiro atoms. The summed E-state index contributed by atoms with van der Waals surface area (Å²) < 4.78 is 0. The predicted molar refractivity (Wildman–Crippen MR) is 53.2 cm³/mol. The third-order valence-corrected chi connectivity index (χ3v) is 2.06. The molecule has 0 fully saturated rings. The minimum atomic E-state index is -0.351. The lowest BCUT2D eigenvalue weighted by Gasteiger charge is -2.19. The van der Waals surface area contributed by atoms with Crippen molar-refractivity contribution >= 4 is 5.91 Å². The lowest BCUT2D eigenvalue weighted by Crippen LogP contribution is -2.25. The molecule has 0 aromatic heterocycles. The first kappa shape index (κ1) is 10.4. The number of nitroso groups, excluding NO2 is 1.